The van der Waals surface area contributed by atoms with E-state index in [0.717, 1.165) is 5.56 Å². The molecule has 0 heterocycles. The smallest absolute Gasteiger partial charge is 0.140 e. The number of Topliss-reactive ketones (excluding diaryl/α,β-unsaturated/α-hetero) is 2. The van der Waals surface area contributed by atoms with E-state index in [0.29, 0.717) is 34.4 Å². The predicted octanol–water partition coefficient (Wildman–Crippen LogP) is 5.19. The molecule has 0 amide bonds. The zero-order chi connectivity index (χ0) is 16.4. The highest BCUT2D eigenvalue weighted by molar-refractivity contribution is 6.34. The molecule has 0 spiro atoms. The van der Waals surface area contributed by atoms with E-state index in [1.165, 1.54) is 0 Å². The number of hydrogen-bond acceptors (Lipinski definition) is 3. The molecular formula is C18H14Cl2O3. The Morgan fingerprint density at radius 1 is 0.870 bits per heavy atom. The van der Waals surface area contributed by atoms with Crippen LogP contribution in [0.1, 0.15) is 30.7 Å². The molecule has 1 aliphatic rings. The fraction of sp³-hybridized carbons (Fsp3) is 0.222. The minimum Gasteiger partial charge on any atom is -0.457 e. The van der Waals surface area contributed by atoms with Gasteiger partial charge in [-0.2, -0.15) is 0 Å². The average Bonchev–Trinajstić information content (AvgIpc) is 2.45. The summed E-state index contributed by atoms with van der Waals surface area (Å²) in [4.78, 5) is 23.3. The van der Waals surface area contributed by atoms with Crippen LogP contribution in [0.25, 0.3) is 0 Å². The van der Waals surface area contributed by atoms with E-state index in [2.05, 4.69) is 0 Å². The molecule has 0 unspecified atom stereocenters. The number of ketones is 2. The molecule has 3 nitrogen and oxygen atoms in total. The van der Waals surface area contributed by atoms with Gasteiger partial charge in [-0.05, 0) is 41.8 Å². The van der Waals surface area contributed by atoms with Crippen LogP contribution in [0.3, 0.4) is 0 Å². The maximum atomic E-state index is 11.6. The van der Waals surface area contributed by atoms with E-state index in [1.807, 2.05) is 24.3 Å². The number of rotatable bonds is 3. The van der Waals surface area contributed by atoms with Crippen molar-refractivity contribution in [2.75, 3.05) is 0 Å². The second kappa shape index (κ2) is 6.73. The van der Waals surface area contributed by atoms with E-state index >= 15 is 0 Å². The molecule has 0 bridgehead atoms. The van der Waals surface area contributed by atoms with Gasteiger partial charge in [0.2, 0.25) is 0 Å². The Morgan fingerprint density at radius 3 is 2.17 bits per heavy atom. The topological polar surface area (TPSA) is 43.4 Å². The molecule has 0 N–H and O–H groups in total. The number of carbonyl (C=O) groups is 2. The number of hydrogen-bond donors (Lipinski definition) is 0. The molecule has 3 rings (SSSR count). The van der Waals surface area contributed by atoms with Gasteiger partial charge in [0, 0.05) is 22.9 Å². The highest BCUT2D eigenvalue weighted by Gasteiger charge is 2.26. The third-order valence-corrected chi connectivity index (χ3v) is 4.18. The molecule has 0 aliphatic heterocycles. The molecule has 5 heteroatoms. The lowest BCUT2D eigenvalue weighted by molar-refractivity contribution is -0.130. The van der Waals surface area contributed by atoms with Crippen molar-refractivity contribution in [3.8, 4) is 11.5 Å². The summed E-state index contributed by atoms with van der Waals surface area (Å²) in [6, 6.07) is 12.4. The summed E-state index contributed by atoms with van der Waals surface area (Å²) >= 11 is 11.9. The Labute approximate surface area is 144 Å². The van der Waals surface area contributed by atoms with Crippen LogP contribution in [0.2, 0.25) is 10.0 Å². The minimum atomic E-state index is -0.0738. The first-order chi connectivity index (χ1) is 11.0. The van der Waals surface area contributed by atoms with Gasteiger partial charge in [-0.15, -0.1) is 0 Å². The molecule has 1 aliphatic carbocycles. The molecule has 118 valence electrons. The van der Waals surface area contributed by atoms with E-state index < -0.39 is 0 Å². The number of carbonyl (C=O) groups excluding carboxylic acids is 2. The summed E-state index contributed by atoms with van der Waals surface area (Å²) in [7, 11) is 0. The number of ether oxygens (including phenoxy) is 1. The summed E-state index contributed by atoms with van der Waals surface area (Å²) < 4.78 is 5.79. The van der Waals surface area contributed by atoms with E-state index in [9.17, 15) is 9.59 Å². The van der Waals surface area contributed by atoms with Gasteiger partial charge in [0.25, 0.3) is 0 Å². The van der Waals surface area contributed by atoms with Crippen molar-refractivity contribution in [1.29, 1.82) is 0 Å². The molecule has 0 radical (unpaired) electrons. The largest absolute Gasteiger partial charge is 0.457 e. The maximum Gasteiger partial charge on any atom is 0.140 e. The molecule has 2 aromatic carbocycles. The highest BCUT2D eigenvalue weighted by Crippen LogP contribution is 2.33. The van der Waals surface area contributed by atoms with E-state index in [-0.39, 0.29) is 23.9 Å². The Balaban J connectivity index is 1.82. The molecule has 1 saturated carbocycles. The first-order valence-corrected chi connectivity index (χ1v) is 8.02. The van der Waals surface area contributed by atoms with Crippen LogP contribution in [0, 0.1) is 0 Å². The minimum absolute atomic E-state index is 0.000746. The Bertz CT molecular complexity index is 734. The van der Waals surface area contributed by atoms with Crippen molar-refractivity contribution in [2.45, 2.75) is 25.2 Å². The van der Waals surface area contributed by atoms with Gasteiger partial charge in [0.15, 0.2) is 0 Å². The van der Waals surface area contributed by atoms with Crippen molar-refractivity contribution in [3.05, 3.63) is 58.1 Å². The van der Waals surface area contributed by atoms with Crippen LogP contribution in [0.5, 0.6) is 11.5 Å². The van der Waals surface area contributed by atoms with Gasteiger partial charge in [-0.1, -0.05) is 35.3 Å². The van der Waals surface area contributed by atoms with Gasteiger partial charge in [0.05, 0.1) is 6.42 Å². The maximum absolute atomic E-state index is 11.6. The van der Waals surface area contributed by atoms with Gasteiger partial charge < -0.3 is 4.74 Å². The Kier molecular flexibility index (Phi) is 4.69. The van der Waals surface area contributed by atoms with Gasteiger partial charge >= 0.3 is 0 Å². The number of benzene rings is 2. The third-order valence-electron chi connectivity index (χ3n) is 3.74. The van der Waals surface area contributed by atoms with Gasteiger partial charge in [-0.3, -0.25) is 9.59 Å². The van der Waals surface area contributed by atoms with Crippen LogP contribution >= 0.6 is 23.2 Å². The summed E-state index contributed by atoms with van der Waals surface area (Å²) in [6.45, 7) is 0. The molecule has 0 aromatic heterocycles. The average molecular weight is 349 g/mol. The quantitative estimate of drug-likeness (QED) is 0.716. The fourth-order valence-electron chi connectivity index (χ4n) is 2.78. The second-order valence-electron chi connectivity index (χ2n) is 5.64. The van der Waals surface area contributed by atoms with Crippen LogP contribution in [-0.2, 0) is 9.59 Å². The molecule has 23 heavy (non-hydrogen) atoms. The van der Waals surface area contributed by atoms with Crippen molar-refractivity contribution in [1.82, 2.24) is 0 Å². The van der Waals surface area contributed by atoms with Crippen molar-refractivity contribution >= 4 is 34.8 Å². The monoisotopic (exact) mass is 348 g/mol. The van der Waals surface area contributed by atoms with Crippen molar-refractivity contribution in [3.63, 3.8) is 0 Å². The zero-order valence-electron chi connectivity index (χ0n) is 12.2. The fourth-order valence-corrected chi connectivity index (χ4v) is 3.28. The lowest BCUT2D eigenvalue weighted by atomic mass is 9.82. The summed E-state index contributed by atoms with van der Waals surface area (Å²) in [5.74, 6) is 1.08. The van der Waals surface area contributed by atoms with Crippen molar-refractivity contribution < 1.29 is 14.3 Å². The van der Waals surface area contributed by atoms with Gasteiger partial charge in [0.1, 0.15) is 23.1 Å². The first-order valence-electron chi connectivity index (χ1n) is 7.27. The first kappa shape index (κ1) is 16.0. The lowest BCUT2D eigenvalue weighted by Crippen LogP contribution is -2.21. The van der Waals surface area contributed by atoms with Gasteiger partial charge in [-0.25, -0.2) is 0 Å². The summed E-state index contributed by atoms with van der Waals surface area (Å²) in [5.41, 5.74) is 0.928. The molecular weight excluding hydrogens is 335 g/mol. The predicted molar refractivity (Wildman–Crippen MR) is 89.6 cm³/mol. The normalized spacial score (nSPS) is 15.7. The Hall–Kier alpha value is -1.84. The second-order valence-corrected chi connectivity index (χ2v) is 6.51. The van der Waals surface area contributed by atoms with E-state index in [4.69, 9.17) is 27.9 Å². The Morgan fingerprint density at radius 2 is 1.52 bits per heavy atom. The van der Waals surface area contributed by atoms with Crippen molar-refractivity contribution in [2.24, 2.45) is 0 Å². The highest BCUT2D eigenvalue weighted by atomic mass is 35.5. The molecule has 0 saturated heterocycles. The van der Waals surface area contributed by atoms with Crippen LogP contribution < -0.4 is 4.74 Å². The zero-order valence-corrected chi connectivity index (χ0v) is 13.7. The van der Waals surface area contributed by atoms with E-state index in [1.54, 1.807) is 18.2 Å². The standard InChI is InChI=1S/C18H14Cl2O3/c19-13-7-14(20)9-18(8-13)23-17-3-1-2-11(6-17)12-4-15(21)10-16(22)5-12/h1-3,6-9,12H,4-5,10H2. The van der Waals surface area contributed by atoms with Crippen LogP contribution in [0.4, 0.5) is 0 Å². The summed E-state index contributed by atoms with van der Waals surface area (Å²) in [5, 5.41) is 0.985. The van der Waals surface area contributed by atoms with Crippen LogP contribution in [0.15, 0.2) is 42.5 Å². The SMILES string of the molecule is O=C1CC(=O)CC(c2cccc(Oc3cc(Cl)cc(Cl)c3)c2)C1. The summed E-state index contributed by atoms with van der Waals surface area (Å²) in [6.07, 6.45) is 0.865. The molecule has 0 atom stereocenters. The lowest BCUT2D eigenvalue weighted by Gasteiger charge is -2.20. The molecule has 2 aromatic rings. The molecule has 1 fully saturated rings. The third kappa shape index (κ3) is 4.12. The van der Waals surface area contributed by atoms with Crippen LogP contribution in [-0.4, -0.2) is 11.6 Å². The number of halogens is 2.